The number of hydrogen-bond donors (Lipinski definition) is 0. The molecule has 0 aliphatic carbocycles. The molecule has 1 aliphatic heterocycles. The van der Waals surface area contributed by atoms with Crippen LogP contribution in [0.1, 0.15) is 38.1 Å². The van der Waals surface area contributed by atoms with Crippen LogP contribution in [-0.2, 0) is 14.3 Å². The number of ether oxygens (including phenoxy) is 4. The first-order valence-electron chi connectivity index (χ1n) is 16.4. The molecule has 258 valence electrons. The Labute approximate surface area is 297 Å². The molecule has 0 amide bonds. The molecule has 0 saturated carbocycles. The normalized spacial score (nSPS) is 13.4. The van der Waals surface area contributed by atoms with Crippen molar-refractivity contribution in [2.75, 3.05) is 38.3 Å². The Morgan fingerprint density at radius 3 is 2.50 bits per heavy atom. The summed E-state index contributed by atoms with van der Waals surface area (Å²) >= 11 is 7.33. The van der Waals surface area contributed by atoms with Crippen LogP contribution in [0.5, 0.6) is 11.5 Å². The lowest BCUT2D eigenvalue weighted by atomic mass is 9.97. The third kappa shape index (κ3) is 6.97. The van der Waals surface area contributed by atoms with Gasteiger partial charge < -0.3 is 23.8 Å². The van der Waals surface area contributed by atoms with E-state index in [1.54, 1.807) is 10.6 Å². The molecule has 0 spiro atoms. The van der Waals surface area contributed by atoms with Gasteiger partial charge in [0.05, 0.1) is 41.4 Å². The number of esters is 1. The molecular formula is C40H41ClN4O5. The highest BCUT2D eigenvalue weighted by molar-refractivity contribution is 6.36. The van der Waals surface area contributed by atoms with E-state index in [2.05, 4.69) is 24.1 Å². The number of aromatic nitrogens is 3. The molecule has 3 aromatic carbocycles. The van der Waals surface area contributed by atoms with Crippen LogP contribution in [0.15, 0.2) is 92.0 Å². The van der Waals surface area contributed by atoms with Crippen molar-refractivity contribution in [3.63, 3.8) is 0 Å². The first-order valence-corrected chi connectivity index (χ1v) is 16.8. The van der Waals surface area contributed by atoms with E-state index in [0.29, 0.717) is 70.9 Å². The molecule has 0 radical (unpaired) electrons. The van der Waals surface area contributed by atoms with E-state index in [4.69, 9.17) is 40.6 Å². The number of halogens is 1. The van der Waals surface area contributed by atoms with E-state index >= 15 is 0 Å². The largest absolute Gasteiger partial charge is 0.490 e. The zero-order valence-electron chi connectivity index (χ0n) is 29.0. The molecule has 1 aliphatic rings. The van der Waals surface area contributed by atoms with Crippen molar-refractivity contribution in [2.45, 2.75) is 39.4 Å². The lowest BCUT2D eigenvalue weighted by molar-refractivity contribution is -0.164. The average molecular weight is 693 g/mol. The average Bonchev–Trinajstić information content (AvgIpc) is 3.53. The van der Waals surface area contributed by atoms with Crippen LogP contribution in [-0.4, -0.2) is 59.6 Å². The smallest absolute Gasteiger partial charge is 0.339 e. The summed E-state index contributed by atoms with van der Waals surface area (Å²) in [6.45, 7) is 17.4. The number of aryl methyl sites for hydroxylation is 1. The number of benzene rings is 3. The van der Waals surface area contributed by atoms with Gasteiger partial charge in [0, 0.05) is 35.0 Å². The Kier molecular flexibility index (Phi) is 10.00. The van der Waals surface area contributed by atoms with Gasteiger partial charge in [0.1, 0.15) is 24.7 Å². The molecule has 1 atom stereocenters. The first-order chi connectivity index (χ1) is 24.0. The maximum absolute atomic E-state index is 13.5. The van der Waals surface area contributed by atoms with Gasteiger partial charge in [-0.2, -0.15) is 5.10 Å². The molecule has 0 fully saturated rings. The number of nitrogens with zero attached hydrogens (tertiary/aromatic N) is 4. The Hall–Kier alpha value is -5.12. The molecule has 9 nitrogen and oxygen atoms in total. The van der Waals surface area contributed by atoms with Crippen molar-refractivity contribution in [1.82, 2.24) is 14.6 Å². The molecule has 0 saturated heterocycles. The zero-order valence-corrected chi connectivity index (χ0v) is 29.8. The van der Waals surface area contributed by atoms with Crippen molar-refractivity contribution in [2.24, 2.45) is 0 Å². The topological polar surface area (TPSA) is 87.4 Å². The van der Waals surface area contributed by atoms with Gasteiger partial charge in [-0.05, 0) is 69.2 Å². The number of rotatable bonds is 11. The summed E-state index contributed by atoms with van der Waals surface area (Å²) in [4.78, 5) is 20.6. The van der Waals surface area contributed by atoms with Crippen molar-refractivity contribution in [1.29, 1.82) is 0 Å². The predicted octanol–water partition coefficient (Wildman–Crippen LogP) is 8.67. The highest BCUT2D eigenvalue weighted by atomic mass is 35.5. The van der Waals surface area contributed by atoms with Crippen LogP contribution in [0.3, 0.4) is 0 Å². The SMILES string of the molecule is C=CCOc1cccc(-c2cccc(-c3cc4nc(C)c([C@H](OC(C)(C)C)C(=O)OC)c(-c5ccc6c(c5Cl)N(CC=C)CCO6)n4n3)c2)c1. The fraction of sp³-hybridized carbons (Fsp3) is 0.275. The number of carbonyl (C=O) groups excluding carboxylic acids is 1. The number of fused-ring (bicyclic) bond motifs is 2. The van der Waals surface area contributed by atoms with Crippen LogP contribution < -0.4 is 14.4 Å². The number of methoxy groups -OCH3 is 1. The van der Waals surface area contributed by atoms with Crippen LogP contribution in [0.4, 0.5) is 5.69 Å². The zero-order chi connectivity index (χ0) is 35.6. The summed E-state index contributed by atoms with van der Waals surface area (Å²) in [7, 11) is 1.35. The van der Waals surface area contributed by atoms with E-state index in [1.807, 2.05) is 94.4 Å². The molecule has 6 rings (SSSR count). The number of hydrogen-bond acceptors (Lipinski definition) is 8. The van der Waals surface area contributed by atoms with Crippen molar-refractivity contribution >= 4 is 28.9 Å². The van der Waals surface area contributed by atoms with Crippen molar-refractivity contribution in [3.05, 3.63) is 108 Å². The fourth-order valence-electron chi connectivity index (χ4n) is 6.17. The van der Waals surface area contributed by atoms with Gasteiger partial charge in [0.25, 0.3) is 0 Å². The van der Waals surface area contributed by atoms with Gasteiger partial charge in [-0.3, -0.25) is 0 Å². The summed E-state index contributed by atoms with van der Waals surface area (Å²) in [5.41, 5.74) is 6.49. The minimum absolute atomic E-state index is 0.423. The van der Waals surface area contributed by atoms with E-state index in [-0.39, 0.29) is 0 Å². The number of anilines is 1. The summed E-state index contributed by atoms with van der Waals surface area (Å²) in [5.74, 6) is 0.868. The van der Waals surface area contributed by atoms with Crippen LogP contribution >= 0.6 is 11.6 Å². The predicted molar refractivity (Wildman–Crippen MR) is 198 cm³/mol. The Bertz CT molecular complexity index is 2080. The van der Waals surface area contributed by atoms with Crippen LogP contribution in [0.25, 0.3) is 39.3 Å². The molecular weight excluding hydrogens is 652 g/mol. The minimum Gasteiger partial charge on any atom is -0.490 e. The second-order valence-corrected chi connectivity index (χ2v) is 13.3. The molecule has 0 unspecified atom stereocenters. The molecule has 10 heteroatoms. The minimum atomic E-state index is -1.12. The monoisotopic (exact) mass is 692 g/mol. The highest BCUT2D eigenvalue weighted by Gasteiger charge is 2.35. The lowest BCUT2D eigenvalue weighted by Gasteiger charge is -2.32. The summed E-state index contributed by atoms with van der Waals surface area (Å²) in [6, 6.07) is 21.8. The maximum atomic E-state index is 13.5. The van der Waals surface area contributed by atoms with E-state index in [1.165, 1.54) is 7.11 Å². The van der Waals surface area contributed by atoms with Crippen molar-refractivity contribution < 1.29 is 23.7 Å². The van der Waals surface area contributed by atoms with Gasteiger partial charge >= 0.3 is 5.97 Å². The second kappa shape index (κ2) is 14.4. The van der Waals surface area contributed by atoms with Crippen LogP contribution in [0, 0.1) is 6.92 Å². The van der Waals surface area contributed by atoms with Gasteiger partial charge in [0.15, 0.2) is 11.8 Å². The Morgan fingerprint density at radius 1 is 1.04 bits per heavy atom. The van der Waals surface area contributed by atoms with E-state index in [0.717, 1.165) is 28.1 Å². The number of carbonyl (C=O) groups is 1. The summed E-state index contributed by atoms with van der Waals surface area (Å²) in [6.07, 6.45) is 2.43. The first kappa shape index (κ1) is 34.7. The molecule has 2 aromatic heterocycles. The molecule has 0 bridgehead atoms. The van der Waals surface area contributed by atoms with Gasteiger partial charge in [-0.15, -0.1) is 6.58 Å². The molecule has 50 heavy (non-hydrogen) atoms. The Morgan fingerprint density at radius 2 is 1.78 bits per heavy atom. The molecule has 5 aromatic rings. The standard InChI is InChI=1S/C40H41ClN4O5/c1-8-18-44-19-21-49-32-17-16-30(35(41)37(32)44)36-34(38(39(46)47-7)50-40(4,5)6)25(3)42-33-24-31(43-45(33)36)28-14-10-12-26(22-28)27-13-11-15-29(23-27)48-20-9-2/h8-17,22-24,38H,1-2,18-21H2,3-7H3/t38-/m0/s1. The second-order valence-electron chi connectivity index (χ2n) is 13.0. The van der Waals surface area contributed by atoms with Gasteiger partial charge in [-0.1, -0.05) is 60.7 Å². The fourth-order valence-corrected chi connectivity index (χ4v) is 6.53. The van der Waals surface area contributed by atoms with E-state index < -0.39 is 17.7 Å². The summed E-state index contributed by atoms with van der Waals surface area (Å²) in [5, 5.41) is 5.57. The van der Waals surface area contributed by atoms with Crippen molar-refractivity contribution in [3.8, 4) is 45.1 Å². The maximum Gasteiger partial charge on any atom is 0.339 e. The third-order valence-electron chi connectivity index (χ3n) is 8.29. The summed E-state index contributed by atoms with van der Waals surface area (Å²) < 4.78 is 25.2. The highest BCUT2D eigenvalue weighted by Crippen LogP contribution is 2.46. The lowest BCUT2D eigenvalue weighted by Crippen LogP contribution is -2.33. The molecule has 3 heterocycles. The van der Waals surface area contributed by atoms with Gasteiger partial charge in [0.2, 0.25) is 0 Å². The Balaban J connectivity index is 1.58. The van der Waals surface area contributed by atoms with Gasteiger partial charge in [-0.25, -0.2) is 14.3 Å². The quantitative estimate of drug-likeness (QED) is 0.100. The van der Waals surface area contributed by atoms with E-state index in [9.17, 15) is 4.79 Å². The molecule has 0 N–H and O–H groups in total. The van der Waals surface area contributed by atoms with Crippen LogP contribution in [0.2, 0.25) is 5.02 Å². The third-order valence-corrected chi connectivity index (χ3v) is 8.67.